The number of halogens is 2. The van der Waals surface area contributed by atoms with E-state index in [1.807, 2.05) is 30.3 Å². The molecule has 3 aromatic rings. The van der Waals surface area contributed by atoms with Crippen LogP contribution in [0.5, 0.6) is 0 Å². The maximum absolute atomic E-state index is 12.5. The SMILES string of the molecule is O=C(CN1CC[n+]2c(-c3ccccc3)csc21)c1ccc(Br)cc1.[Br-]. The standard InChI is InChI=1S/C19H16BrN2OS.BrH/c20-16-8-6-15(7-9-16)18(23)12-21-10-11-22-17(13-24-19(21)22)14-4-2-1-3-5-14;/h1-9,13H,10-12H2;1H/q+1;/p-1. The third-order valence-electron chi connectivity index (χ3n) is 4.23. The number of carbonyl (C=O) groups excluding carboxylic acids is 1. The summed E-state index contributed by atoms with van der Waals surface area (Å²) in [5.74, 6) is 0.158. The van der Waals surface area contributed by atoms with Crippen molar-refractivity contribution in [3.05, 3.63) is 70.0 Å². The van der Waals surface area contributed by atoms with Gasteiger partial charge in [-0.15, -0.1) is 0 Å². The molecule has 128 valence electrons. The van der Waals surface area contributed by atoms with E-state index < -0.39 is 0 Å². The monoisotopic (exact) mass is 478 g/mol. The minimum absolute atomic E-state index is 0. The Morgan fingerprint density at radius 1 is 1.12 bits per heavy atom. The molecule has 0 aliphatic carbocycles. The zero-order chi connectivity index (χ0) is 16.5. The average Bonchev–Trinajstić information content (AvgIpc) is 3.19. The number of nitrogens with zero attached hydrogens (tertiary/aromatic N) is 2. The first-order valence-corrected chi connectivity index (χ1v) is 9.50. The average molecular weight is 480 g/mol. The fourth-order valence-corrected chi connectivity index (χ4v) is 4.36. The fourth-order valence-electron chi connectivity index (χ4n) is 3.00. The summed E-state index contributed by atoms with van der Waals surface area (Å²) in [6, 6.07) is 18.0. The normalized spacial score (nSPS) is 12.6. The Kier molecular flexibility index (Phi) is 5.71. The summed E-state index contributed by atoms with van der Waals surface area (Å²) in [7, 11) is 0. The molecule has 0 atom stereocenters. The number of Topliss-reactive ketones (excluding diaryl/α,β-unsaturated/α-hetero) is 1. The van der Waals surface area contributed by atoms with Crippen LogP contribution in [0.2, 0.25) is 0 Å². The molecule has 4 rings (SSSR count). The van der Waals surface area contributed by atoms with Crippen molar-refractivity contribution in [3.63, 3.8) is 0 Å². The Morgan fingerprint density at radius 2 is 1.84 bits per heavy atom. The van der Waals surface area contributed by atoms with E-state index in [2.05, 4.69) is 55.0 Å². The number of ketones is 1. The second kappa shape index (κ2) is 7.81. The fraction of sp³-hybridized carbons (Fsp3) is 0.158. The van der Waals surface area contributed by atoms with Crippen molar-refractivity contribution < 1.29 is 26.3 Å². The molecule has 0 amide bonds. The van der Waals surface area contributed by atoms with E-state index in [-0.39, 0.29) is 22.8 Å². The third kappa shape index (κ3) is 3.71. The van der Waals surface area contributed by atoms with Gasteiger partial charge in [0.15, 0.2) is 0 Å². The minimum Gasteiger partial charge on any atom is -1.00 e. The molecular formula is C19H16Br2N2OS. The van der Waals surface area contributed by atoms with Crippen LogP contribution in [0.25, 0.3) is 11.3 Å². The number of fused-ring (bicyclic) bond motifs is 1. The first-order valence-electron chi connectivity index (χ1n) is 7.83. The summed E-state index contributed by atoms with van der Waals surface area (Å²) in [5, 5.41) is 3.35. The van der Waals surface area contributed by atoms with Crippen LogP contribution in [0.3, 0.4) is 0 Å². The Bertz CT molecular complexity index is 878. The van der Waals surface area contributed by atoms with E-state index >= 15 is 0 Å². The molecule has 0 fully saturated rings. The van der Waals surface area contributed by atoms with E-state index in [0.29, 0.717) is 6.54 Å². The molecule has 0 bridgehead atoms. The van der Waals surface area contributed by atoms with Crippen LogP contribution in [0.1, 0.15) is 10.4 Å². The molecule has 25 heavy (non-hydrogen) atoms. The zero-order valence-electron chi connectivity index (χ0n) is 13.4. The minimum atomic E-state index is 0. The number of benzene rings is 2. The van der Waals surface area contributed by atoms with Crippen LogP contribution in [-0.4, -0.2) is 18.9 Å². The number of anilines is 1. The van der Waals surface area contributed by atoms with Crippen molar-refractivity contribution >= 4 is 38.2 Å². The Balaban J connectivity index is 0.00000182. The smallest absolute Gasteiger partial charge is 0.337 e. The maximum atomic E-state index is 12.5. The number of thiazole rings is 1. The van der Waals surface area contributed by atoms with Gasteiger partial charge in [-0.25, -0.2) is 9.47 Å². The van der Waals surface area contributed by atoms with Gasteiger partial charge in [-0.05, 0) is 12.1 Å². The van der Waals surface area contributed by atoms with Gasteiger partial charge in [0, 0.05) is 21.0 Å². The quantitative estimate of drug-likeness (QED) is 0.414. The lowest BCUT2D eigenvalue weighted by molar-refractivity contribution is -0.656. The molecule has 3 nitrogen and oxygen atoms in total. The molecule has 0 saturated heterocycles. The number of rotatable bonds is 4. The molecule has 2 aromatic carbocycles. The largest absolute Gasteiger partial charge is 1.00 e. The summed E-state index contributed by atoms with van der Waals surface area (Å²) in [4.78, 5) is 14.7. The van der Waals surface area contributed by atoms with Crippen LogP contribution in [0, 0.1) is 0 Å². The molecule has 0 spiro atoms. The molecule has 0 radical (unpaired) electrons. The second-order valence-corrected chi connectivity index (χ2v) is 7.53. The van der Waals surface area contributed by atoms with Gasteiger partial charge in [0.25, 0.3) is 0 Å². The Hall–Kier alpha value is -1.50. The molecule has 0 saturated carbocycles. The lowest BCUT2D eigenvalue weighted by Gasteiger charge is -2.07. The summed E-state index contributed by atoms with van der Waals surface area (Å²) in [5.41, 5.74) is 3.21. The van der Waals surface area contributed by atoms with Crippen molar-refractivity contribution in [2.45, 2.75) is 6.54 Å². The second-order valence-electron chi connectivity index (χ2n) is 5.77. The molecule has 1 aromatic heterocycles. The van der Waals surface area contributed by atoms with Gasteiger partial charge in [-0.2, -0.15) is 0 Å². The van der Waals surface area contributed by atoms with Crippen molar-refractivity contribution in [2.24, 2.45) is 0 Å². The summed E-state index contributed by atoms with van der Waals surface area (Å²) in [6.45, 7) is 2.24. The lowest BCUT2D eigenvalue weighted by Crippen LogP contribution is -3.00. The van der Waals surface area contributed by atoms with Gasteiger partial charge in [-0.3, -0.25) is 4.79 Å². The number of carbonyl (C=O) groups is 1. The first-order chi connectivity index (χ1) is 11.7. The Morgan fingerprint density at radius 3 is 2.56 bits per heavy atom. The molecule has 6 heteroatoms. The molecule has 0 unspecified atom stereocenters. The molecule has 1 aliphatic rings. The highest BCUT2D eigenvalue weighted by molar-refractivity contribution is 9.10. The summed E-state index contributed by atoms with van der Waals surface area (Å²) < 4.78 is 3.30. The Labute approximate surface area is 169 Å². The molecular weight excluding hydrogens is 464 g/mol. The van der Waals surface area contributed by atoms with Gasteiger partial charge in [0.2, 0.25) is 5.78 Å². The predicted octanol–water partition coefficient (Wildman–Crippen LogP) is 1.17. The third-order valence-corrected chi connectivity index (χ3v) is 5.79. The molecule has 0 N–H and O–H groups in total. The summed E-state index contributed by atoms with van der Waals surface area (Å²) >= 11 is 5.12. The lowest BCUT2D eigenvalue weighted by atomic mass is 10.1. The van der Waals surface area contributed by atoms with Crippen molar-refractivity contribution in [2.75, 3.05) is 18.0 Å². The highest BCUT2D eigenvalue weighted by Crippen LogP contribution is 2.28. The van der Waals surface area contributed by atoms with E-state index in [1.54, 1.807) is 11.3 Å². The van der Waals surface area contributed by atoms with E-state index in [1.165, 1.54) is 16.4 Å². The predicted molar refractivity (Wildman–Crippen MR) is 101 cm³/mol. The van der Waals surface area contributed by atoms with Crippen molar-refractivity contribution in [1.29, 1.82) is 0 Å². The van der Waals surface area contributed by atoms with Gasteiger partial charge in [-0.1, -0.05) is 69.7 Å². The molecule has 1 aliphatic heterocycles. The van der Waals surface area contributed by atoms with Gasteiger partial charge >= 0.3 is 5.13 Å². The van der Waals surface area contributed by atoms with Crippen LogP contribution < -0.4 is 26.4 Å². The van der Waals surface area contributed by atoms with E-state index in [9.17, 15) is 4.79 Å². The van der Waals surface area contributed by atoms with Crippen molar-refractivity contribution in [3.8, 4) is 11.3 Å². The van der Waals surface area contributed by atoms with Gasteiger partial charge < -0.3 is 17.0 Å². The van der Waals surface area contributed by atoms with Crippen LogP contribution in [-0.2, 0) is 6.54 Å². The van der Waals surface area contributed by atoms with Crippen LogP contribution in [0.15, 0.2) is 64.5 Å². The number of hydrogen-bond donors (Lipinski definition) is 0. The molecule has 2 heterocycles. The maximum Gasteiger partial charge on any atom is 0.337 e. The van der Waals surface area contributed by atoms with Gasteiger partial charge in [0.1, 0.15) is 25.3 Å². The number of hydrogen-bond acceptors (Lipinski definition) is 3. The summed E-state index contributed by atoms with van der Waals surface area (Å²) in [6.07, 6.45) is 0. The van der Waals surface area contributed by atoms with Crippen LogP contribution in [0.4, 0.5) is 5.13 Å². The highest BCUT2D eigenvalue weighted by Gasteiger charge is 2.33. The first kappa shape index (κ1) is 18.3. The van der Waals surface area contributed by atoms with Crippen LogP contribution >= 0.6 is 27.3 Å². The van der Waals surface area contributed by atoms with Crippen molar-refractivity contribution in [1.82, 2.24) is 0 Å². The van der Waals surface area contributed by atoms with Gasteiger partial charge in [0.05, 0.1) is 0 Å². The van der Waals surface area contributed by atoms with E-state index in [0.717, 1.165) is 23.1 Å². The number of aromatic nitrogens is 1. The topological polar surface area (TPSA) is 24.2 Å². The van der Waals surface area contributed by atoms with E-state index in [4.69, 9.17) is 0 Å². The zero-order valence-corrected chi connectivity index (χ0v) is 17.4. The highest BCUT2D eigenvalue weighted by atomic mass is 79.9.